The van der Waals surface area contributed by atoms with Crippen LogP contribution in [-0.2, 0) is 4.74 Å². The zero-order chi connectivity index (χ0) is 15.0. The van der Waals surface area contributed by atoms with Crippen molar-refractivity contribution in [3.05, 3.63) is 39.7 Å². The lowest BCUT2D eigenvalue weighted by molar-refractivity contribution is -0.384. The molecular formula is C12H15FN2O5. The van der Waals surface area contributed by atoms with E-state index in [9.17, 15) is 19.3 Å². The molecule has 0 aromatic heterocycles. The van der Waals surface area contributed by atoms with Crippen molar-refractivity contribution in [3.63, 3.8) is 0 Å². The van der Waals surface area contributed by atoms with E-state index in [1.54, 1.807) is 0 Å². The second-order valence-electron chi connectivity index (χ2n) is 3.87. The Kier molecular flexibility index (Phi) is 6.54. The Bertz CT molecular complexity index is 481. The predicted molar refractivity (Wildman–Crippen MR) is 67.9 cm³/mol. The van der Waals surface area contributed by atoms with Crippen LogP contribution in [0.2, 0.25) is 0 Å². The van der Waals surface area contributed by atoms with Crippen LogP contribution >= 0.6 is 0 Å². The van der Waals surface area contributed by atoms with E-state index in [2.05, 4.69) is 5.32 Å². The molecule has 0 radical (unpaired) electrons. The van der Waals surface area contributed by atoms with Crippen LogP contribution in [0.5, 0.6) is 0 Å². The molecule has 0 saturated heterocycles. The Balaban J connectivity index is 2.50. The van der Waals surface area contributed by atoms with E-state index in [0.717, 1.165) is 18.2 Å². The molecule has 2 N–H and O–H groups in total. The van der Waals surface area contributed by atoms with Crippen LogP contribution in [-0.4, -0.2) is 42.3 Å². The van der Waals surface area contributed by atoms with Crippen LogP contribution in [0, 0.1) is 15.9 Å². The minimum atomic E-state index is -0.815. The molecule has 0 fully saturated rings. The molecule has 1 aromatic carbocycles. The number of non-ortho nitro benzene ring substituents is 1. The molecule has 0 heterocycles. The molecule has 0 unspecified atom stereocenters. The average Bonchev–Trinajstić information content (AvgIpc) is 2.42. The van der Waals surface area contributed by atoms with Crippen molar-refractivity contribution in [2.75, 3.05) is 26.4 Å². The molecule has 0 spiro atoms. The van der Waals surface area contributed by atoms with Crippen LogP contribution in [0.4, 0.5) is 10.1 Å². The lowest BCUT2D eigenvalue weighted by Gasteiger charge is -2.06. The molecule has 20 heavy (non-hydrogen) atoms. The second kappa shape index (κ2) is 8.18. The third-order valence-corrected chi connectivity index (χ3v) is 2.39. The number of rotatable bonds is 8. The fourth-order valence-electron chi connectivity index (χ4n) is 1.44. The van der Waals surface area contributed by atoms with Gasteiger partial charge in [-0.1, -0.05) is 0 Å². The number of nitro groups is 1. The maximum Gasteiger partial charge on any atom is 0.270 e. The van der Waals surface area contributed by atoms with E-state index in [4.69, 9.17) is 9.84 Å². The number of carbonyl (C=O) groups is 1. The molecule has 1 amide bonds. The number of ether oxygens (including phenoxy) is 1. The van der Waals surface area contributed by atoms with Crippen LogP contribution < -0.4 is 5.32 Å². The number of aliphatic hydroxyl groups is 1. The Labute approximate surface area is 114 Å². The van der Waals surface area contributed by atoms with E-state index in [-0.39, 0.29) is 31.0 Å². The first-order valence-electron chi connectivity index (χ1n) is 5.97. The standard InChI is InChI=1S/C12H15FN2O5/c13-11-3-2-9(15(18)19)8-10(11)12(17)14-4-1-6-20-7-5-16/h2-3,8,16H,1,4-7H2,(H,14,17). The highest BCUT2D eigenvalue weighted by molar-refractivity contribution is 5.95. The number of aliphatic hydroxyl groups excluding tert-OH is 1. The highest BCUT2D eigenvalue weighted by Crippen LogP contribution is 2.16. The third-order valence-electron chi connectivity index (χ3n) is 2.39. The van der Waals surface area contributed by atoms with Gasteiger partial charge in [0.1, 0.15) is 5.82 Å². The fraction of sp³-hybridized carbons (Fsp3) is 0.417. The second-order valence-corrected chi connectivity index (χ2v) is 3.87. The van der Waals surface area contributed by atoms with E-state index in [1.807, 2.05) is 0 Å². The van der Waals surface area contributed by atoms with Crippen molar-refractivity contribution in [1.29, 1.82) is 0 Å². The predicted octanol–water partition coefficient (Wildman–Crippen LogP) is 0.863. The number of nitrogens with zero attached hydrogens (tertiary/aromatic N) is 1. The van der Waals surface area contributed by atoms with Gasteiger partial charge in [0.05, 0.1) is 23.7 Å². The summed E-state index contributed by atoms with van der Waals surface area (Å²) in [5.41, 5.74) is -0.710. The van der Waals surface area contributed by atoms with Crippen molar-refractivity contribution in [3.8, 4) is 0 Å². The number of benzene rings is 1. The van der Waals surface area contributed by atoms with Crippen LogP contribution in [0.25, 0.3) is 0 Å². The molecule has 0 atom stereocenters. The summed E-state index contributed by atoms with van der Waals surface area (Å²) in [4.78, 5) is 21.5. The molecule has 0 saturated carbocycles. The summed E-state index contributed by atoms with van der Waals surface area (Å²) in [5, 5.41) is 21.5. The molecule has 1 rings (SSSR count). The summed E-state index contributed by atoms with van der Waals surface area (Å²) in [6, 6.07) is 2.78. The maximum atomic E-state index is 13.4. The molecule has 8 heteroatoms. The highest BCUT2D eigenvalue weighted by Gasteiger charge is 2.16. The monoisotopic (exact) mass is 286 g/mol. The van der Waals surface area contributed by atoms with Gasteiger partial charge in [0.2, 0.25) is 0 Å². The summed E-state index contributed by atoms with van der Waals surface area (Å²) in [5.74, 6) is -1.53. The van der Waals surface area contributed by atoms with E-state index in [1.165, 1.54) is 0 Å². The quantitative estimate of drug-likeness (QED) is 0.419. The van der Waals surface area contributed by atoms with Gasteiger partial charge in [-0.2, -0.15) is 0 Å². The van der Waals surface area contributed by atoms with Gasteiger partial charge in [-0.05, 0) is 12.5 Å². The van der Waals surface area contributed by atoms with Gasteiger partial charge in [-0.15, -0.1) is 0 Å². The third kappa shape index (κ3) is 4.90. The van der Waals surface area contributed by atoms with Crippen LogP contribution in [0.1, 0.15) is 16.8 Å². The van der Waals surface area contributed by atoms with Gasteiger partial charge >= 0.3 is 0 Å². The van der Waals surface area contributed by atoms with E-state index >= 15 is 0 Å². The number of nitro benzene ring substituents is 1. The molecule has 0 aliphatic heterocycles. The van der Waals surface area contributed by atoms with E-state index in [0.29, 0.717) is 13.0 Å². The molecule has 0 bridgehead atoms. The fourth-order valence-corrected chi connectivity index (χ4v) is 1.44. The topological polar surface area (TPSA) is 102 Å². The van der Waals surface area contributed by atoms with Gasteiger partial charge in [-0.25, -0.2) is 4.39 Å². The van der Waals surface area contributed by atoms with Crippen LogP contribution in [0.3, 0.4) is 0 Å². The first kappa shape index (κ1) is 16.0. The number of amides is 1. The molecule has 1 aromatic rings. The number of carbonyl (C=O) groups excluding carboxylic acids is 1. The van der Waals surface area contributed by atoms with Crippen molar-refractivity contribution in [2.45, 2.75) is 6.42 Å². The number of halogens is 1. The van der Waals surface area contributed by atoms with Gasteiger partial charge in [-0.3, -0.25) is 14.9 Å². The van der Waals surface area contributed by atoms with Crippen molar-refractivity contribution in [2.24, 2.45) is 0 Å². The first-order valence-corrected chi connectivity index (χ1v) is 5.97. The summed E-state index contributed by atoms with van der Waals surface area (Å²) < 4.78 is 18.4. The maximum absolute atomic E-state index is 13.4. The Morgan fingerprint density at radius 2 is 2.20 bits per heavy atom. The molecule has 110 valence electrons. The molecule has 0 aliphatic carbocycles. The van der Waals surface area contributed by atoms with Crippen molar-refractivity contribution < 1.29 is 24.0 Å². The zero-order valence-electron chi connectivity index (χ0n) is 10.7. The van der Waals surface area contributed by atoms with Gasteiger partial charge in [0.25, 0.3) is 11.6 Å². The highest BCUT2D eigenvalue weighted by atomic mass is 19.1. The first-order chi connectivity index (χ1) is 9.56. The largest absolute Gasteiger partial charge is 0.394 e. The smallest absolute Gasteiger partial charge is 0.270 e. The number of hydrogen-bond donors (Lipinski definition) is 2. The number of hydrogen-bond acceptors (Lipinski definition) is 5. The Morgan fingerprint density at radius 1 is 1.45 bits per heavy atom. The SMILES string of the molecule is O=C(NCCCOCCO)c1cc([N+](=O)[O-])ccc1F. The summed E-state index contributed by atoms with van der Waals surface area (Å²) in [6.07, 6.45) is 0.488. The normalized spacial score (nSPS) is 10.3. The van der Waals surface area contributed by atoms with Crippen LogP contribution in [0.15, 0.2) is 18.2 Å². The van der Waals surface area contributed by atoms with Crippen molar-refractivity contribution in [1.82, 2.24) is 5.32 Å². The van der Waals surface area contributed by atoms with Gasteiger partial charge < -0.3 is 15.2 Å². The summed E-state index contributed by atoms with van der Waals surface area (Å²) >= 11 is 0. The minimum absolute atomic E-state index is 0.0781. The van der Waals surface area contributed by atoms with Gasteiger partial charge in [0, 0.05) is 25.3 Å². The number of nitrogens with one attached hydrogen (secondary N) is 1. The van der Waals surface area contributed by atoms with Gasteiger partial charge in [0.15, 0.2) is 0 Å². The zero-order valence-corrected chi connectivity index (χ0v) is 10.7. The Morgan fingerprint density at radius 3 is 2.85 bits per heavy atom. The lowest BCUT2D eigenvalue weighted by atomic mass is 10.1. The Hall–Kier alpha value is -2.06. The summed E-state index contributed by atoms with van der Waals surface area (Å²) in [7, 11) is 0. The van der Waals surface area contributed by atoms with E-state index < -0.39 is 16.6 Å². The lowest BCUT2D eigenvalue weighted by Crippen LogP contribution is -2.26. The average molecular weight is 286 g/mol. The molecule has 7 nitrogen and oxygen atoms in total. The molecular weight excluding hydrogens is 271 g/mol. The minimum Gasteiger partial charge on any atom is -0.394 e. The van der Waals surface area contributed by atoms with Crippen molar-refractivity contribution >= 4 is 11.6 Å². The molecule has 0 aliphatic rings. The summed E-state index contributed by atoms with van der Waals surface area (Å²) in [6.45, 7) is 0.726.